The van der Waals surface area contributed by atoms with Gasteiger partial charge in [-0.25, -0.2) is 9.59 Å². The first kappa shape index (κ1) is 19.4. The molecular formula is C22H21NO5. The number of rotatable bonds is 7. The van der Waals surface area contributed by atoms with Crippen LogP contribution < -0.4 is 10.9 Å². The Balaban J connectivity index is 1.50. The summed E-state index contributed by atoms with van der Waals surface area (Å²) in [5.41, 5.74) is 0.552. The first-order valence-corrected chi connectivity index (χ1v) is 9.06. The molecule has 3 rings (SSSR count). The average molecular weight is 379 g/mol. The summed E-state index contributed by atoms with van der Waals surface area (Å²) in [6.07, 6.45) is 1.60. The molecule has 144 valence electrons. The smallest absolute Gasteiger partial charge is 0.351 e. The van der Waals surface area contributed by atoms with Crippen molar-refractivity contribution >= 4 is 22.8 Å². The van der Waals surface area contributed by atoms with Crippen LogP contribution in [-0.2, 0) is 16.0 Å². The van der Waals surface area contributed by atoms with E-state index in [4.69, 9.17) is 9.15 Å². The molecule has 0 saturated carbocycles. The summed E-state index contributed by atoms with van der Waals surface area (Å²) < 4.78 is 10.1. The van der Waals surface area contributed by atoms with Crippen LogP contribution >= 0.6 is 0 Å². The van der Waals surface area contributed by atoms with Crippen molar-refractivity contribution in [1.82, 2.24) is 5.32 Å². The Morgan fingerprint density at radius 3 is 2.57 bits per heavy atom. The van der Waals surface area contributed by atoms with Crippen LogP contribution in [0.4, 0.5) is 0 Å². The van der Waals surface area contributed by atoms with Gasteiger partial charge in [-0.05, 0) is 37.5 Å². The van der Waals surface area contributed by atoms with Crippen LogP contribution in [0.25, 0.3) is 11.0 Å². The highest BCUT2D eigenvalue weighted by molar-refractivity contribution is 5.94. The molecule has 1 N–H and O–H groups in total. The molecule has 0 spiro atoms. The van der Waals surface area contributed by atoms with E-state index in [9.17, 15) is 14.4 Å². The lowest BCUT2D eigenvalue weighted by atomic mass is 10.1. The summed E-state index contributed by atoms with van der Waals surface area (Å²) in [7, 11) is 0. The van der Waals surface area contributed by atoms with Gasteiger partial charge in [-0.3, -0.25) is 4.79 Å². The fraction of sp³-hybridized carbons (Fsp3) is 0.227. The van der Waals surface area contributed by atoms with Crippen molar-refractivity contribution in [2.45, 2.75) is 25.8 Å². The van der Waals surface area contributed by atoms with Gasteiger partial charge in [-0.2, -0.15) is 0 Å². The predicted molar refractivity (Wildman–Crippen MR) is 105 cm³/mol. The van der Waals surface area contributed by atoms with E-state index in [0.717, 1.165) is 12.8 Å². The summed E-state index contributed by atoms with van der Waals surface area (Å²) in [5, 5.41) is 3.39. The molecule has 1 heterocycles. The summed E-state index contributed by atoms with van der Waals surface area (Å²) in [5.74, 6) is -1.30. The zero-order valence-corrected chi connectivity index (χ0v) is 15.5. The minimum absolute atomic E-state index is 0.0721. The number of aryl methyl sites for hydroxylation is 1. The average Bonchev–Trinajstić information content (AvgIpc) is 2.70. The molecule has 0 aliphatic carbocycles. The van der Waals surface area contributed by atoms with Crippen LogP contribution in [0.1, 0.15) is 29.3 Å². The quantitative estimate of drug-likeness (QED) is 0.504. The van der Waals surface area contributed by atoms with Crippen LogP contribution in [-0.4, -0.2) is 24.5 Å². The van der Waals surface area contributed by atoms with Crippen molar-refractivity contribution in [2.75, 3.05) is 6.61 Å². The van der Waals surface area contributed by atoms with Gasteiger partial charge < -0.3 is 14.5 Å². The third-order valence-electron chi connectivity index (χ3n) is 4.31. The molecule has 1 amide bonds. The minimum Gasteiger partial charge on any atom is -0.452 e. The SMILES string of the molecule is C[C@H](CCc1ccccc1)NC(=O)COC(=O)c1cc2ccccc2oc1=O. The Hall–Kier alpha value is -3.41. The van der Waals surface area contributed by atoms with Crippen LogP contribution in [0.3, 0.4) is 0 Å². The molecule has 6 nitrogen and oxygen atoms in total. The van der Waals surface area contributed by atoms with Gasteiger partial charge in [0.25, 0.3) is 5.91 Å². The molecule has 0 saturated heterocycles. The van der Waals surface area contributed by atoms with Gasteiger partial charge in [-0.15, -0.1) is 0 Å². The first-order valence-electron chi connectivity index (χ1n) is 9.06. The second-order valence-corrected chi connectivity index (χ2v) is 6.55. The molecule has 0 aliphatic rings. The highest BCUT2D eigenvalue weighted by Crippen LogP contribution is 2.13. The lowest BCUT2D eigenvalue weighted by Crippen LogP contribution is -2.36. The molecular weight excluding hydrogens is 358 g/mol. The summed E-state index contributed by atoms with van der Waals surface area (Å²) >= 11 is 0. The fourth-order valence-electron chi connectivity index (χ4n) is 2.83. The van der Waals surface area contributed by atoms with E-state index in [1.807, 2.05) is 37.3 Å². The molecule has 3 aromatic rings. The fourth-order valence-corrected chi connectivity index (χ4v) is 2.83. The molecule has 1 atom stereocenters. The maximum Gasteiger partial charge on any atom is 0.351 e. The minimum atomic E-state index is -0.883. The van der Waals surface area contributed by atoms with Gasteiger partial charge in [0.2, 0.25) is 0 Å². The Bertz CT molecular complexity index is 1030. The molecule has 0 bridgehead atoms. The van der Waals surface area contributed by atoms with Crippen molar-refractivity contribution in [2.24, 2.45) is 0 Å². The van der Waals surface area contributed by atoms with E-state index in [0.29, 0.717) is 11.0 Å². The van der Waals surface area contributed by atoms with Gasteiger partial charge in [0.1, 0.15) is 11.1 Å². The predicted octanol–water partition coefficient (Wildman–Crippen LogP) is 3.09. The van der Waals surface area contributed by atoms with Crippen LogP contribution in [0, 0.1) is 0 Å². The summed E-state index contributed by atoms with van der Waals surface area (Å²) in [4.78, 5) is 36.1. The zero-order chi connectivity index (χ0) is 19.9. The number of esters is 1. The summed E-state index contributed by atoms with van der Waals surface area (Å²) in [6, 6.07) is 18.2. The van der Waals surface area contributed by atoms with Gasteiger partial charge in [0.15, 0.2) is 6.61 Å². The van der Waals surface area contributed by atoms with Crippen molar-refractivity contribution in [1.29, 1.82) is 0 Å². The van der Waals surface area contributed by atoms with Crippen LogP contribution in [0.15, 0.2) is 69.9 Å². The van der Waals surface area contributed by atoms with E-state index in [1.54, 1.807) is 24.3 Å². The molecule has 0 fully saturated rings. The van der Waals surface area contributed by atoms with Crippen molar-refractivity contribution < 1.29 is 18.7 Å². The Morgan fingerprint density at radius 1 is 1.07 bits per heavy atom. The Morgan fingerprint density at radius 2 is 1.79 bits per heavy atom. The molecule has 0 radical (unpaired) electrons. The van der Waals surface area contributed by atoms with Gasteiger partial charge in [0.05, 0.1) is 0 Å². The lowest BCUT2D eigenvalue weighted by molar-refractivity contribution is -0.124. The van der Waals surface area contributed by atoms with E-state index in [2.05, 4.69) is 5.32 Å². The Kier molecular flexibility index (Phi) is 6.22. The number of ether oxygens (including phenoxy) is 1. The van der Waals surface area contributed by atoms with Crippen LogP contribution in [0.5, 0.6) is 0 Å². The molecule has 0 aliphatic heterocycles. The van der Waals surface area contributed by atoms with Crippen LogP contribution in [0.2, 0.25) is 0 Å². The normalized spacial score (nSPS) is 11.8. The second kappa shape index (κ2) is 8.99. The zero-order valence-electron chi connectivity index (χ0n) is 15.5. The van der Waals surface area contributed by atoms with E-state index in [1.165, 1.54) is 11.6 Å². The maximum absolute atomic E-state index is 12.1. The number of carbonyl (C=O) groups excluding carboxylic acids is 2. The number of carbonyl (C=O) groups is 2. The highest BCUT2D eigenvalue weighted by Gasteiger charge is 2.17. The lowest BCUT2D eigenvalue weighted by Gasteiger charge is -2.14. The third-order valence-corrected chi connectivity index (χ3v) is 4.31. The number of benzene rings is 2. The van der Waals surface area contributed by atoms with E-state index >= 15 is 0 Å². The first-order chi connectivity index (χ1) is 13.5. The second-order valence-electron chi connectivity index (χ2n) is 6.55. The molecule has 6 heteroatoms. The van der Waals surface area contributed by atoms with Crippen molar-refractivity contribution in [3.8, 4) is 0 Å². The molecule has 1 aromatic heterocycles. The largest absolute Gasteiger partial charge is 0.452 e. The van der Waals surface area contributed by atoms with Gasteiger partial charge in [-0.1, -0.05) is 48.5 Å². The van der Waals surface area contributed by atoms with E-state index < -0.39 is 24.1 Å². The van der Waals surface area contributed by atoms with Crippen molar-refractivity contribution in [3.05, 3.63) is 82.2 Å². The number of nitrogens with one attached hydrogen (secondary N) is 1. The van der Waals surface area contributed by atoms with Gasteiger partial charge in [0, 0.05) is 11.4 Å². The molecule has 0 unspecified atom stereocenters. The topological polar surface area (TPSA) is 85.6 Å². The number of fused-ring (bicyclic) bond motifs is 1. The number of hydrogen-bond donors (Lipinski definition) is 1. The number of hydrogen-bond acceptors (Lipinski definition) is 5. The standard InChI is InChI=1S/C22H21NO5/c1-15(11-12-16-7-3-2-4-8-16)23-20(24)14-27-21(25)18-13-17-9-5-6-10-19(17)28-22(18)26/h2-10,13,15H,11-12,14H2,1H3,(H,23,24)/t15-/m1/s1. The van der Waals surface area contributed by atoms with Crippen molar-refractivity contribution in [3.63, 3.8) is 0 Å². The molecule has 28 heavy (non-hydrogen) atoms. The molecule has 2 aromatic carbocycles. The monoisotopic (exact) mass is 379 g/mol. The third kappa shape index (κ3) is 5.07. The van der Waals surface area contributed by atoms with Gasteiger partial charge >= 0.3 is 11.6 Å². The highest BCUT2D eigenvalue weighted by atomic mass is 16.5. The maximum atomic E-state index is 12.1. The van der Waals surface area contributed by atoms with E-state index in [-0.39, 0.29) is 11.6 Å². The summed E-state index contributed by atoms with van der Waals surface area (Å²) in [6.45, 7) is 1.43. The number of para-hydroxylation sites is 1. The Labute approximate surface area is 162 Å². The number of amides is 1.